The van der Waals surface area contributed by atoms with Crippen LogP contribution in [0.15, 0.2) is 29.1 Å². The highest BCUT2D eigenvalue weighted by Crippen LogP contribution is 2.11. The first-order chi connectivity index (χ1) is 8.54. The van der Waals surface area contributed by atoms with Crippen LogP contribution in [0.5, 0.6) is 0 Å². The number of hydrogen-bond acceptors (Lipinski definition) is 3. The van der Waals surface area contributed by atoms with E-state index in [1.54, 1.807) is 6.92 Å². The Morgan fingerprint density at radius 1 is 1.33 bits per heavy atom. The van der Waals surface area contributed by atoms with Crippen LogP contribution < -0.4 is 10.9 Å². The number of anilines is 1. The van der Waals surface area contributed by atoms with E-state index in [4.69, 9.17) is 0 Å². The molecule has 0 unspecified atom stereocenters. The summed E-state index contributed by atoms with van der Waals surface area (Å²) in [5.74, 6) is -0.252. The van der Waals surface area contributed by atoms with Crippen LogP contribution in [-0.2, 0) is 6.54 Å². The molecule has 0 aliphatic carbocycles. The smallest absolute Gasteiger partial charge is 0.252 e. The van der Waals surface area contributed by atoms with Gasteiger partial charge in [0.05, 0.1) is 0 Å². The van der Waals surface area contributed by atoms with Crippen molar-refractivity contribution < 1.29 is 8.78 Å². The molecule has 0 amide bonds. The SMILES string of the molecule is Cc1nc(NCc2cc(F)ccc2F)cc(=O)[nH]1. The predicted octanol–water partition coefficient (Wildman–Crippen LogP) is 1.97. The highest BCUT2D eigenvalue weighted by atomic mass is 19.1. The molecule has 0 spiro atoms. The fraction of sp³-hybridized carbons (Fsp3) is 0.167. The summed E-state index contributed by atoms with van der Waals surface area (Å²) in [5, 5.41) is 2.77. The predicted molar refractivity (Wildman–Crippen MR) is 63.3 cm³/mol. The Labute approximate surface area is 102 Å². The first-order valence-corrected chi connectivity index (χ1v) is 5.30. The van der Waals surface area contributed by atoms with Crippen LogP contribution in [0.3, 0.4) is 0 Å². The fourth-order valence-corrected chi connectivity index (χ4v) is 1.53. The molecule has 0 radical (unpaired) electrons. The quantitative estimate of drug-likeness (QED) is 0.876. The summed E-state index contributed by atoms with van der Waals surface area (Å²) in [5.41, 5.74) is -0.126. The van der Waals surface area contributed by atoms with Gasteiger partial charge in [0, 0.05) is 18.2 Å². The Kier molecular flexibility index (Phi) is 3.36. The summed E-state index contributed by atoms with van der Waals surface area (Å²) in [7, 11) is 0. The Balaban J connectivity index is 2.16. The molecule has 2 N–H and O–H groups in total. The van der Waals surface area contributed by atoms with Crippen LogP contribution in [0.1, 0.15) is 11.4 Å². The summed E-state index contributed by atoms with van der Waals surface area (Å²) >= 11 is 0. The van der Waals surface area contributed by atoms with Gasteiger partial charge in [-0.2, -0.15) is 0 Å². The molecule has 94 valence electrons. The average Bonchev–Trinajstić information content (AvgIpc) is 2.29. The molecule has 0 bridgehead atoms. The van der Waals surface area contributed by atoms with E-state index in [9.17, 15) is 13.6 Å². The van der Waals surface area contributed by atoms with Crippen LogP contribution in [-0.4, -0.2) is 9.97 Å². The maximum atomic E-state index is 13.3. The lowest BCUT2D eigenvalue weighted by Gasteiger charge is -2.07. The lowest BCUT2D eigenvalue weighted by Crippen LogP contribution is -2.12. The van der Waals surface area contributed by atoms with E-state index in [0.717, 1.165) is 18.2 Å². The van der Waals surface area contributed by atoms with E-state index in [2.05, 4.69) is 15.3 Å². The molecule has 0 saturated heterocycles. The van der Waals surface area contributed by atoms with Gasteiger partial charge in [0.25, 0.3) is 5.56 Å². The van der Waals surface area contributed by atoms with Gasteiger partial charge in [-0.25, -0.2) is 13.8 Å². The van der Waals surface area contributed by atoms with Gasteiger partial charge in [0.1, 0.15) is 23.3 Å². The van der Waals surface area contributed by atoms with Gasteiger partial charge in [-0.1, -0.05) is 0 Å². The number of rotatable bonds is 3. The second kappa shape index (κ2) is 4.95. The number of nitrogens with zero attached hydrogens (tertiary/aromatic N) is 1. The largest absolute Gasteiger partial charge is 0.366 e. The van der Waals surface area contributed by atoms with Gasteiger partial charge in [-0.05, 0) is 25.1 Å². The van der Waals surface area contributed by atoms with Crippen LogP contribution in [0.4, 0.5) is 14.6 Å². The summed E-state index contributed by atoms with van der Waals surface area (Å²) in [6.07, 6.45) is 0. The third-order valence-electron chi connectivity index (χ3n) is 2.33. The highest BCUT2D eigenvalue weighted by molar-refractivity contribution is 5.34. The van der Waals surface area contributed by atoms with Crippen molar-refractivity contribution in [2.45, 2.75) is 13.5 Å². The second-order valence-electron chi connectivity index (χ2n) is 3.81. The molecule has 0 aliphatic rings. The summed E-state index contributed by atoms with van der Waals surface area (Å²) in [6.45, 7) is 1.69. The van der Waals surface area contributed by atoms with Gasteiger partial charge in [-0.3, -0.25) is 4.79 Å². The molecule has 0 aliphatic heterocycles. The summed E-state index contributed by atoms with van der Waals surface area (Å²) < 4.78 is 26.3. The van der Waals surface area contributed by atoms with Crippen molar-refractivity contribution in [3.05, 3.63) is 57.6 Å². The van der Waals surface area contributed by atoms with Crippen molar-refractivity contribution in [3.8, 4) is 0 Å². The van der Waals surface area contributed by atoms with Gasteiger partial charge >= 0.3 is 0 Å². The third kappa shape index (κ3) is 2.91. The zero-order valence-corrected chi connectivity index (χ0v) is 9.63. The average molecular weight is 251 g/mol. The number of hydrogen-bond donors (Lipinski definition) is 2. The highest BCUT2D eigenvalue weighted by Gasteiger charge is 2.04. The van der Waals surface area contributed by atoms with Crippen LogP contribution in [0.25, 0.3) is 0 Å². The van der Waals surface area contributed by atoms with Crippen molar-refractivity contribution in [1.82, 2.24) is 9.97 Å². The zero-order valence-electron chi connectivity index (χ0n) is 9.63. The van der Waals surface area contributed by atoms with Crippen LogP contribution in [0, 0.1) is 18.6 Å². The van der Waals surface area contributed by atoms with Crippen molar-refractivity contribution in [1.29, 1.82) is 0 Å². The minimum Gasteiger partial charge on any atom is -0.366 e. The van der Waals surface area contributed by atoms with Crippen molar-refractivity contribution in [2.24, 2.45) is 0 Å². The maximum Gasteiger partial charge on any atom is 0.252 e. The lowest BCUT2D eigenvalue weighted by molar-refractivity contribution is 0.587. The number of aromatic amines is 1. The standard InChI is InChI=1S/C12H11F2N3O/c1-7-16-11(5-12(18)17-7)15-6-8-4-9(13)2-3-10(8)14/h2-5H,6H2,1H3,(H2,15,16,17,18). The van der Waals surface area contributed by atoms with Crippen molar-refractivity contribution >= 4 is 5.82 Å². The fourth-order valence-electron chi connectivity index (χ4n) is 1.53. The normalized spacial score (nSPS) is 10.4. The van der Waals surface area contributed by atoms with Crippen molar-refractivity contribution in [2.75, 3.05) is 5.32 Å². The maximum absolute atomic E-state index is 13.3. The zero-order chi connectivity index (χ0) is 13.1. The molecular weight excluding hydrogens is 240 g/mol. The van der Waals surface area contributed by atoms with E-state index in [1.165, 1.54) is 6.07 Å². The summed E-state index contributed by atoms with van der Waals surface area (Å²) in [6, 6.07) is 4.46. The Morgan fingerprint density at radius 3 is 2.83 bits per heavy atom. The second-order valence-corrected chi connectivity index (χ2v) is 3.81. The topological polar surface area (TPSA) is 57.8 Å². The molecule has 0 atom stereocenters. The Morgan fingerprint density at radius 2 is 2.11 bits per heavy atom. The van der Waals surface area contributed by atoms with E-state index in [1.807, 2.05) is 0 Å². The minimum absolute atomic E-state index is 0.0550. The first kappa shape index (κ1) is 12.2. The van der Waals surface area contributed by atoms with Gasteiger partial charge < -0.3 is 10.3 Å². The molecule has 6 heteroatoms. The van der Waals surface area contributed by atoms with Gasteiger partial charge in [0.2, 0.25) is 0 Å². The van der Waals surface area contributed by atoms with Crippen molar-refractivity contribution in [3.63, 3.8) is 0 Å². The molecule has 1 aromatic heterocycles. The van der Waals surface area contributed by atoms with Crippen LogP contribution in [0.2, 0.25) is 0 Å². The minimum atomic E-state index is -0.511. The van der Waals surface area contributed by atoms with Crippen LogP contribution >= 0.6 is 0 Å². The number of benzene rings is 1. The van der Waals surface area contributed by atoms with E-state index < -0.39 is 11.6 Å². The Bertz CT molecular complexity index is 625. The number of nitrogens with one attached hydrogen (secondary N) is 2. The number of aryl methyl sites for hydroxylation is 1. The molecular formula is C12H11F2N3O. The molecule has 0 saturated carbocycles. The number of halogens is 2. The molecule has 1 heterocycles. The summed E-state index contributed by atoms with van der Waals surface area (Å²) in [4.78, 5) is 17.7. The number of aromatic nitrogens is 2. The first-order valence-electron chi connectivity index (χ1n) is 5.30. The Hall–Kier alpha value is -2.24. The van der Waals surface area contributed by atoms with Gasteiger partial charge in [0.15, 0.2) is 0 Å². The monoisotopic (exact) mass is 251 g/mol. The molecule has 2 aromatic rings. The van der Waals surface area contributed by atoms with Gasteiger partial charge in [-0.15, -0.1) is 0 Å². The van der Waals surface area contributed by atoms with E-state index in [0.29, 0.717) is 11.6 Å². The van der Waals surface area contributed by atoms with E-state index in [-0.39, 0.29) is 17.7 Å². The molecule has 2 rings (SSSR count). The van der Waals surface area contributed by atoms with E-state index >= 15 is 0 Å². The lowest BCUT2D eigenvalue weighted by atomic mass is 10.2. The third-order valence-corrected chi connectivity index (χ3v) is 2.33. The number of H-pyrrole nitrogens is 1. The molecule has 0 fully saturated rings. The molecule has 4 nitrogen and oxygen atoms in total. The molecule has 18 heavy (non-hydrogen) atoms. The molecule has 1 aromatic carbocycles.